The Kier molecular flexibility index (Phi) is 4.16. The molecule has 0 fully saturated rings. The minimum Gasteiger partial charge on any atom is -0.397 e. The highest BCUT2D eigenvalue weighted by atomic mass is 79.9. The van der Waals surface area contributed by atoms with Gasteiger partial charge in [-0.3, -0.25) is 4.79 Å². The van der Waals surface area contributed by atoms with Gasteiger partial charge in [-0.05, 0) is 36.2 Å². The van der Waals surface area contributed by atoms with Crippen LogP contribution in [0, 0.1) is 6.92 Å². The molecule has 1 aromatic carbocycles. The fourth-order valence-corrected chi connectivity index (χ4v) is 2.10. The fraction of sp³-hybridized carbons (Fsp3) is 0.143. The third-order valence-electron chi connectivity index (χ3n) is 2.67. The van der Waals surface area contributed by atoms with Crippen molar-refractivity contribution < 1.29 is 4.79 Å². The second-order valence-electron chi connectivity index (χ2n) is 4.28. The molecule has 0 aliphatic heterocycles. The number of hydrogen-bond donors (Lipinski definition) is 2. The number of carbonyl (C=O) groups is 1. The van der Waals surface area contributed by atoms with E-state index >= 15 is 0 Å². The number of rotatable bonds is 3. The number of nitrogen functional groups attached to an aromatic ring is 1. The van der Waals surface area contributed by atoms with Crippen LogP contribution in [0.4, 0.5) is 11.5 Å². The molecular weight excluding hydrogens is 306 g/mol. The Morgan fingerprint density at radius 3 is 2.89 bits per heavy atom. The molecule has 2 aromatic rings. The van der Waals surface area contributed by atoms with Gasteiger partial charge in [0.25, 0.3) is 0 Å². The van der Waals surface area contributed by atoms with E-state index in [1.165, 1.54) is 0 Å². The van der Waals surface area contributed by atoms with Crippen LogP contribution in [0.3, 0.4) is 0 Å². The first kappa shape index (κ1) is 13.5. The summed E-state index contributed by atoms with van der Waals surface area (Å²) in [4.78, 5) is 16.0. The van der Waals surface area contributed by atoms with Crippen molar-refractivity contribution in [3.05, 3.63) is 52.1 Å². The summed E-state index contributed by atoms with van der Waals surface area (Å²) in [5.41, 5.74) is 8.13. The van der Waals surface area contributed by atoms with Gasteiger partial charge in [0.2, 0.25) is 5.91 Å². The number of carbonyl (C=O) groups excluding carboxylic acids is 1. The van der Waals surface area contributed by atoms with E-state index in [1.54, 1.807) is 12.3 Å². The molecule has 4 nitrogen and oxygen atoms in total. The fourth-order valence-electron chi connectivity index (χ4n) is 1.65. The van der Waals surface area contributed by atoms with Crippen LogP contribution in [0.1, 0.15) is 11.1 Å². The zero-order valence-electron chi connectivity index (χ0n) is 10.5. The van der Waals surface area contributed by atoms with E-state index in [0.29, 0.717) is 17.9 Å². The van der Waals surface area contributed by atoms with Crippen LogP contribution < -0.4 is 11.1 Å². The summed E-state index contributed by atoms with van der Waals surface area (Å²) in [6, 6.07) is 9.41. The number of pyridine rings is 1. The van der Waals surface area contributed by atoms with Crippen molar-refractivity contribution in [2.75, 3.05) is 11.1 Å². The van der Waals surface area contributed by atoms with Crippen molar-refractivity contribution in [2.24, 2.45) is 0 Å². The van der Waals surface area contributed by atoms with E-state index in [-0.39, 0.29) is 5.91 Å². The standard InChI is InChI=1S/C14H14BrN3O/c1-9-5-13(17-8-12(9)16)18-14(19)7-10-3-2-4-11(15)6-10/h2-6,8H,7,16H2,1H3,(H,17,18,19). The molecule has 0 aliphatic carbocycles. The molecule has 0 atom stereocenters. The molecule has 1 aromatic heterocycles. The quantitative estimate of drug-likeness (QED) is 0.914. The number of amides is 1. The summed E-state index contributed by atoms with van der Waals surface area (Å²) < 4.78 is 0.958. The third-order valence-corrected chi connectivity index (χ3v) is 3.17. The molecule has 98 valence electrons. The van der Waals surface area contributed by atoms with E-state index in [2.05, 4.69) is 26.2 Å². The average molecular weight is 320 g/mol. The van der Waals surface area contributed by atoms with Crippen LogP contribution in [0.25, 0.3) is 0 Å². The third kappa shape index (κ3) is 3.79. The first-order valence-corrected chi connectivity index (χ1v) is 6.60. The normalized spacial score (nSPS) is 10.2. The lowest BCUT2D eigenvalue weighted by atomic mass is 10.1. The van der Waals surface area contributed by atoms with Crippen LogP contribution in [0.5, 0.6) is 0 Å². The van der Waals surface area contributed by atoms with Crippen molar-refractivity contribution in [2.45, 2.75) is 13.3 Å². The number of hydrogen-bond acceptors (Lipinski definition) is 3. The smallest absolute Gasteiger partial charge is 0.229 e. The maximum atomic E-state index is 11.9. The van der Waals surface area contributed by atoms with Gasteiger partial charge in [0, 0.05) is 4.47 Å². The first-order chi connectivity index (χ1) is 9.04. The van der Waals surface area contributed by atoms with Gasteiger partial charge in [-0.1, -0.05) is 28.1 Å². The van der Waals surface area contributed by atoms with Gasteiger partial charge in [-0.2, -0.15) is 0 Å². The van der Waals surface area contributed by atoms with Gasteiger partial charge in [0.15, 0.2) is 0 Å². The summed E-state index contributed by atoms with van der Waals surface area (Å²) >= 11 is 3.38. The number of benzene rings is 1. The molecule has 0 unspecified atom stereocenters. The average Bonchev–Trinajstić information content (AvgIpc) is 2.34. The predicted molar refractivity (Wildman–Crippen MR) is 79.9 cm³/mol. The Bertz CT molecular complexity index is 613. The van der Waals surface area contributed by atoms with Crippen molar-refractivity contribution in [1.82, 2.24) is 4.98 Å². The SMILES string of the molecule is Cc1cc(NC(=O)Cc2cccc(Br)c2)ncc1N. The summed E-state index contributed by atoms with van der Waals surface area (Å²) in [6.45, 7) is 1.88. The lowest BCUT2D eigenvalue weighted by Gasteiger charge is -2.07. The maximum Gasteiger partial charge on any atom is 0.229 e. The van der Waals surface area contributed by atoms with Gasteiger partial charge in [0.1, 0.15) is 5.82 Å². The van der Waals surface area contributed by atoms with Crippen LogP contribution in [-0.4, -0.2) is 10.9 Å². The molecule has 0 saturated carbocycles. The van der Waals surface area contributed by atoms with Crippen molar-refractivity contribution >= 4 is 33.3 Å². The zero-order chi connectivity index (χ0) is 13.8. The van der Waals surface area contributed by atoms with E-state index in [1.807, 2.05) is 31.2 Å². The molecule has 19 heavy (non-hydrogen) atoms. The van der Waals surface area contributed by atoms with Gasteiger partial charge in [-0.15, -0.1) is 0 Å². The highest BCUT2D eigenvalue weighted by Crippen LogP contribution is 2.15. The molecule has 0 saturated heterocycles. The number of aromatic nitrogens is 1. The molecule has 2 rings (SSSR count). The number of halogens is 1. The van der Waals surface area contributed by atoms with Crippen LogP contribution in [0.2, 0.25) is 0 Å². The topological polar surface area (TPSA) is 68.0 Å². The molecule has 1 amide bonds. The van der Waals surface area contributed by atoms with Crippen LogP contribution >= 0.6 is 15.9 Å². The van der Waals surface area contributed by atoms with Gasteiger partial charge in [0.05, 0.1) is 18.3 Å². The van der Waals surface area contributed by atoms with Crippen LogP contribution in [-0.2, 0) is 11.2 Å². The van der Waals surface area contributed by atoms with Gasteiger partial charge >= 0.3 is 0 Å². The minimum atomic E-state index is -0.102. The Labute approximate surface area is 120 Å². The summed E-state index contributed by atoms with van der Waals surface area (Å²) in [7, 11) is 0. The zero-order valence-corrected chi connectivity index (χ0v) is 12.1. The monoisotopic (exact) mass is 319 g/mol. The van der Waals surface area contributed by atoms with E-state index in [9.17, 15) is 4.79 Å². The molecule has 3 N–H and O–H groups in total. The Morgan fingerprint density at radius 1 is 1.42 bits per heavy atom. The Hall–Kier alpha value is -1.88. The number of nitrogens with zero attached hydrogens (tertiary/aromatic N) is 1. The van der Waals surface area contributed by atoms with Crippen molar-refractivity contribution in [3.8, 4) is 0 Å². The first-order valence-electron chi connectivity index (χ1n) is 5.81. The van der Waals surface area contributed by atoms with Crippen molar-refractivity contribution in [3.63, 3.8) is 0 Å². The van der Waals surface area contributed by atoms with Gasteiger partial charge in [-0.25, -0.2) is 4.98 Å². The summed E-state index contributed by atoms with van der Waals surface area (Å²) in [5, 5.41) is 2.76. The van der Waals surface area contributed by atoms with Gasteiger partial charge < -0.3 is 11.1 Å². The van der Waals surface area contributed by atoms with Crippen LogP contribution in [0.15, 0.2) is 41.0 Å². The second kappa shape index (κ2) is 5.84. The molecule has 1 heterocycles. The highest BCUT2D eigenvalue weighted by Gasteiger charge is 2.06. The largest absolute Gasteiger partial charge is 0.397 e. The lowest BCUT2D eigenvalue weighted by Crippen LogP contribution is -2.15. The molecule has 5 heteroatoms. The minimum absolute atomic E-state index is 0.102. The number of aryl methyl sites for hydroxylation is 1. The molecule has 0 spiro atoms. The summed E-state index contributed by atoms with van der Waals surface area (Å²) in [6.07, 6.45) is 1.86. The lowest BCUT2D eigenvalue weighted by molar-refractivity contribution is -0.115. The predicted octanol–water partition coefficient (Wildman–Crippen LogP) is 2.92. The maximum absolute atomic E-state index is 11.9. The molecular formula is C14H14BrN3O. The highest BCUT2D eigenvalue weighted by molar-refractivity contribution is 9.10. The molecule has 0 aliphatic rings. The van der Waals surface area contributed by atoms with E-state index in [4.69, 9.17) is 5.73 Å². The Morgan fingerprint density at radius 2 is 2.21 bits per heavy atom. The number of anilines is 2. The number of nitrogens with one attached hydrogen (secondary N) is 1. The van der Waals surface area contributed by atoms with Crippen molar-refractivity contribution in [1.29, 1.82) is 0 Å². The molecule has 0 radical (unpaired) electrons. The van der Waals surface area contributed by atoms with E-state index < -0.39 is 0 Å². The summed E-state index contributed by atoms with van der Waals surface area (Å²) in [5.74, 6) is 0.418. The van der Waals surface area contributed by atoms with E-state index in [0.717, 1.165) is 15.6 Å². The Balaban J connectivity index is 2.03. The second-order valence-corrected chi connectivity index (χ2v) is 5.20. The molecule has 0 bridgehead atoms. The number of nitrogens with two attached hydrogens (primary N) is 1.